The first-order chi connectivity index (χ1) is 6.95. The first kappa shape index (κ1) is 7.44. The van der Waals surface area contributed by atoms with Crippen molar-refractivity contribution in [1.29, 1.82) is 0 Å². The lowest BCUT2D eigenvalue weighted by molar-refractivity contribution is 1.33. The van der Waals surface area contributed by atoms with Crippen LogP contribution in [0, 0.1) is 6.20 Å². The molecule has 0 fully saturated rings. The molecule has 2 aromatic heterocycles. The number of nitrogens with zero attached hydrogens (tertiary/aromatic N) is 2. The Balaban J connectivity index is 2.61. The van der Waals surface area contributed by atoms with Crippen LogP contribution >= 0.6 is 0 Å². The Morgan fingerprint density at radius 1 is 1.00 bits per heavy atom. The second-order valence-electron chi connectivity index (χ2n) is 3.16. The highest BCUT2D eigenvalue weighted by molar-refractivity contribution is 6.04. The average Bonchev–Trinajstić information content (AvgIpc) is 2.29. The van der Waals surface area contributed by atoms with Crippen LogP contribution < -0.4 is 0 Å². The molecule has 14 heavy (non-hydrogen) atoms. The number of rotatable bonds is 0. The van der Waals surface area contributed by atoms with Gasteiger partial charge in [-0.15, -0.1) is 0 Å². The van der Waals surface area contributed by atoms with E-state index in [0.717, 1.165) is 21.7 Å². The molecule has 0 unspecified atom stereocenters. The number of pyridine rings is 2. The van der Waals surface area contributed by atoms with Crippen LogP contribution in [0.1, 0.15) is 0 Å². The van der Waals surface area contributed by atoms with Crippen molar-refractivity contribution >= 4 is 21.7 Å². The highest BCUT2D eigenvalue weighted by Crippen LogP contribution is 2.21. The Morgan fingerprint density at radius 2 is 1.93 bits per heavy atom. The standard InChI is InChI=1S/C12H7N2/c1-2-4-10-9(3-1)7-14-12-5-6-13-8-11(10)12/h1-6,8H. The summed E-state index contributed by atoms with van der Waals surface area (Å²) in [4.78, 5) is 8.35. The van der Waals surface area contributed by atoms with Gasteiger partial charge in [-0.3, -0.25) is 4.98 Å². The number of hydrogen-bond donors (Lipinski definition) is 0. The highest BCUT2D eigenvalue weighted by atomic mass is 14.7. The maximum Gasteiger partial charge on any atom is 0.0978 e. The number of benzene rings is 1. The van der Waals surface area contributed by atoms with Crippen molar-refractivity contribution in [2.75, 3.05) is 0 Å². The molecular weight excluding hydrogens is 172 g/mol. The molecular formula is C12H7N2. The van der Waals surface area contributed by atoms with Gasteiger partial charge >= 0.3 is 0 Å². The van der Waals surface area contributed by atoms with E-state index in [1.165, 1.54) is 0 Å². The van der Waals surface area contributed by atoms with Crippen molar-refractivity contribution in [2.24, 2.45) is 0 Å². The summed E-state index contributed by atoms with van der Waals surface area (Å²) in [5, 5.41) is 3.28. The molecule has 1 aromatic carbocycles. The Morgan fingerprint density at radius 3 is 2.93 bits per heavy atom. The minimum absolute atomic E-state index is 0.943. The number of hydrogen-bond acceptors (Lipinski definition) is 2. The zero-order chi connectivity index (χ0) is 9.38. The summed E-state index contributed by atoms with van der Waals surface area (Å²) in [6.07, 6.45) is 6.61. The van der Waals surface area contributed by atoms with Gasteiger partial charge in [0.05, 0.1) is 11.7 Å². The molecule has 0 aliphatic heterocycles. The second kappa shape index (κ2) is 2.77. The van der Waals surface area contributed by atoms with Crippen LogP contribution in [0.4, 0.5) is 0 Å². The molecule has 1 radical (unpaired) electrons. The fraction of sp³-hybridized carbons (Fsp3) is 0. The molecule has 0 saturated carbocycles. The Labute approximate surface area is 81.2 Å². The smallest absolute Gasteiger partial charge is 0.0978 e. The summed E-state index contributed by atoms with van der Waals surface area (Å²) < 4.78 is 0. The van der Waals surface area contributed by atoms with Crippen LogP contribution in [0.2, 0.25) is 0 Å². The fourth-order valence-electron chi connectivity index (χ4n) is 1.63. The summed E-state index contributed by atoms with van der Waals surface area (Å²) >= 11 is 0. The van der Waals surface area contributed by atoms with Gasteiger partial charge in [-0.1, -0.05) is 24.3 Å². The Hall–Kier alpha value is -1.96. The predicted molar refractivity (Wildman–Crippen MR) is 55.9 cm³/mol. The largest absolute Gasteiger partial charge is 0.264 e. The maximum atomic E-state index is 4.24. The molecule has 3 rings (SSSR count). The number of fused-ring (bicyclic) bond motifs is 3. The average molecular weight is 179 g/mol. The molecule has 0 amide bonds. The van der Waals surface area contributed by atoms with E-state index in [9.17, 15) is 0 Å². The molecule has 2 nitrogen and oxygen atoms in total. The predicted octanol–water partition coefficient (Wildman–Crippen LogP) is 2.58. The van der Waals surface area contributed by atoms with Gasteiger partial charge in [-0.25, -0.2) is 4.98 Å². The van der Waals surface area contributed by atoms with Crippen molar-refractivity contribution < 1.29 is 0 Å². The van der Waals surface area contributed by atoms with Crippen molar-refractivity contribution in [3.63, 3.8) is 0 Å². The van der Waals surface area contributed by atoms with Crippen molar-refractivity contribution in [3.8, 4) is 0 Å². The van der Waals surface area contributed by atoms with Gasteiger partial charge in [0.1, 0.15) is 0 Å². The van der Waals surface area contributed by atoms with E-state index < -0.39 is 0 Å². The molecule has 65 valence electrons. The normalized spacial score (nSPS) is 10.9. The first-order valence-corrected chi connectivity index (χ1v) is 4.45. The van der Waals surface area contributed by atoms with Gasteiger partial charge in [0, 0.05) is 23.2 Å². The van der Waals surface area contributed by atoms with Gasteiger partial charge < -0.3 is 0 Å². The van der Waals surface area contributed by atoms with E-state index in [-0.39, 0.29) is 0 Å². The van der Waals surface area contributed by atoms with Crippen LogP contribution in [0.5, 0.6) is 0 Å². The van der Waals surface area contributed by atoms with Gasteiger partial charge in [-0.2, -0.15) is 0 Å². The van der Waals surface area contributed by atoms with Crippen LogP contribution in [-0.4, -0.2) is 9.97 Å². The maximum absolute atomic E-state index is 4.24. The van der Waals surface area contributed by atoms with E-state index in [1.54, 1.807) is 6.20 Å². The molecule has 2 heteroatoms. The van der Waals surface area contributed by atoms with E-state index in [0.29, 0.717) is 0 Å². The van der Waals surface area contributed by atoms with Crippen LogP contribution in [-0.2, 0) is 0 Å². The van der Waals surface area contributed by atoms with Crippen LogP contribution in [0.15, 0.2) is 42.7 Å². The lowest BCUT2D eigenvalue weighted by atomic mass is 10.1. The zero-order valence-corrected chi connectivity index (χ0v) is 7.44. The molecule has 0 aliphatic carbocycles. The van der Waals surface area contributed by atoms with Crippen LogP contribution in [0.25, 0.3) is 21.7 Å². The van der Waals surface area contributed by atoms with E-state index in [4.69, 9.17) is 0 Å². The highest BCUT2D eigenvalue weighted by Gasteiger charge is 1.99. The zero-order valence-electron chi connectivity index (χ0n) is 7.44. The topological polar surface area (TPSA) is 25.8 Å². The molecule has 2 heterocycles. The molecule has 3 aromatic rings. The van der Waals surface area contributed by atoms with Gasteiger partial charge in [-0.05, 0) is 11.5 Å². The monoisotopic (exact) mass is 179 g/mol. The van der Waals surface area contributed by atoms with Gasteiger partial charge in [0.15, 0.2) is 0 Å². The van der Waals surface area contributed by atoms with Crippen molar-refractivity contribution in [2.45, 2.75) is 0 Å². The van der Waals surface area contributed by atoms with E-state index in [1.807, 2.05) is 30.5 Å². The SMILES string of the molecule is [c]1nc2ccncc2c2ccccc12. The van der Waals surface area contributed by atoms with E-state index >= 15 is 0 Å². The van der Waals surface area contributed by atoms with Crippen LogP contribution in [0.3, 0.4) is 0 Å². The van der Waals surface area contributed by atoms with Crippen molar-refractivity contribution in [3.05, 3.63) is 48.9 Å². The van der Waals surface area contributed by atoms with E-state index in [2.05, 4.69) is 22.2 Å². The summed E-state index contributed by atoms with van der Waals surface area (Å²) in [5.41, 5.74) is 0.943. The summed E-state index contributed by atoms with van der Waals surface area (Å²) in [7, 11) is 0. The third-order valence-electron chi connectivity index (χ3n) is 2.31. The third kappa shape index (κ3) is 0.973. The molecule has 0 aliphatic rings. The van der Waals surface area contributed by atoms with Gasteiger partial charge in [0.2, 0.25) is 0 Å². The minimum Gasteiger partial charge on any atom is -0.264 e. The molecule has 0 saturated heterocycles. The first-order valence-electron chi connectivity index (χ1n) is 4.45. The molecule has 0 bridgehead atoms. The second-order valence-corrected chi connectivity index (χ2v) is 3.16. The van der Waals surface area contributed by atoms with Crippen molar-refractivity contribution in [1.82, 2.24) is 9.97 Å². The van der Waals surface area contributed by atoms with Gasteiger partial charge in [0.25, 0.3) is 0 Å². The molecule has 0 spiro atoms. The fourth-order valence-corrected chi connectivity index (χ4v) is 1.63. The lowest BCUT2D eigenvalue weighted by Gasteiger charge is -2.00. The third-order valence-corrected chi connectivity index (χ3v) is 2.31. The summed E-state index contributed by atoms with van der Waals surface area (Å²) in [6, 6.07) is 9.98. The Bertz CT molecular complexity index is 547. The minimum atomic E-state index is 0.943. The molecule has 0 N–H and O–H groups in total. The molecule has 0 atom stereocenters. The summed E-state index contributed by atoms with van der Waals surface area (Å²) in [5.74, 6) is 0. The quantitative estimate of drug-likeness (QED) is 0.496. The summed E-state index contributed by atoms with van der Waals surface area (Å²) in [6.45, 7) is 0. The Kier molecular flexibility index (Phi) is 1.47. The number of aromatic nitrogens is 2. The lowest BCUT2D eigenvalue weighted by Crippen LogP contribution is -1.82.